The second-order valence-corrected chi connectivity index (χ2v) is 11.8. The molecule has 1 amide bonds. The van der Waals surface area contributed by atoms with Crippen LogP contribution in [0.25, 0.3) is 10.9 Å². The number of alkyl halides is 4. The van der Waals surface area contributed by atoms with Crippen molar-refractivity contribution >= 4 is 34.3 Å². The lowest BCUT2D eigenvalue weighted by molar-refractivity contribution is -0.140. The zero-order valence-corrected chi connectivity index (χ0v) is 25.7. The maximum atomic E-state index is 14.8. The molecule has 2 atom stereocenters. The van der Waals surface area contributed by atoms with Gasteiger partial charge >= 0.3 is 18.2 Å². The van der Waals surface area contributed by atoms with E-state index in [1.165, 1.54) is 31.4 Å². The van der Waals surface area contributed by atoms with Crippen LogP contribution in [0.15, 0.2) is 42.5 Å². The molecule has 1 saturated heterocycles. The van der Waals surface area contributed by atoms with Crippen LogP contribution in [-0.2, 0) is 11.3 Å². The summed E-state index contributed by atoms with van der Waals surface area (Å²) in [5.74, 6) is 4.42. The summed E-state index contributed by atoms with van der Waals surface area (Å²) < 4.78 is 67.9. The molecule has 2 N–H and O–H groups in total. The Kier molecular flexibility index (Phi) is 9.87. The third-order valence-electron chi connectivity index (χ3n) is 7.15. The number of carbonyl (C=O) groups excluding carboxylic acids is 1. The Hall–Kier alpha value is -4.44. The lowest BCUT2D eigenvalue weighted by Crippen LogP contribution is -2.46. The molecule has 1 aliphatic rings. The van der Waals surface area contributed by atoms with Crippen LogP contribution < -0.4 is 15.0 Å². The monoisotopic (exact) mass is 632 g/mol. The molecule has 0 saturated carbocycles. The van der Waals surface area contributed by atoms with Gasteiger partial charge in [-0.2, -0.15) is 13.2 Å². The van der Waals surface area contributed by atoms with Crippen molar-refractivity contribution in [3.05, 3.63) is 53.7 Å². The van der Waals surface area contributed by atoms with E-state index < -0.39 is 42.6 Å². The molecule has 3 aromatic rings. The molecule has 13 heteroatoms. The Morgan fingerprint density at radius 1 is 1.16 bits per heavy atom. The van der Waals surface area contributed by atoms with Gasteiger partial charge < -0.3 is 29.4 Å². The van der Waals surface area contributed by atoms with E-state index >= 15 is 0 Å². The number of likely N-dealkylation sites (tertiary alicyclic amines) is 1. The third kappa shape index (κ3) is 8.39. The highest BCUT2D eigenvalue weighted by atomic mass is 19.4. The topological polar surface area (TPSA) is 96.3 Å². The van der Waals surface area contributed by atoms with E-state index in [2.05, 4.69) is 17.2 Å². The average molecular weight is 633 g/mol. The van der Waals surface area contributed by atoms with Gasteiger partial charge in [0.05, 0.1) is 42.2 Å². The van der Waals surface area contributed by atoms with Gasteiger partial charge in [0.2, 0.25) is 0 Å². The Balaban J connectivity index is 1.74. The van der Waals surface area contributed by atoms with Gasteiger partial charge in [-0.25, -0.2) is 14.0 Å². The normalized spacial score (nSPS) is 17.4. The van der Waals surface area contributed by atoms with Crippen molar-refractivity contribution in [2.75, 3.05) is 44.0 Å². The number of halogens is 4. The lowest BCUT2D eigenvalue weighted by atomic mass is 10.0. The fourth-order valence-electron chi connectivity index (χ4n) is 5.09. The summed E-state index contributed by atoms with van der Waals surface area (Å²) in [7, 11) is 3.14. The van der Waals surface area contributed by atoms with Crippen molar-refractivity contribution in [2.45, 2.75) is 57.7 Å². The molecular formula is C32H36F4N4O5. The quantitative estimate of drug-likeness (QED) is 0.238. The van der Waals surface area contributed by atoms with Gasteiger partial charge in [0.25, 0.3) is 0 Å². The minimum Gasteiger partial charge on any atom is -0.495 e. The smallest absolute Gasteiger partial charge is 0.415 e. The molecule has 242 valence electrons. The number of aromatic carboxylic acids is 1. The number of rotatable bonds is 7. The zero-order valence-electron chi connectivity index (χ0n) is 25.7. The minimum absolute atomic E-state index is 0.0362. The summed E-state index contributed by atoms with van der Waals surface area (Å²) in [6.07, 6.45) is -6.01. The van der Waals surface area contributed by atoms with E-state index in [-0.39, 0.29) is 41.3 Å². The summed E-state index contributed by atoms with van der Waals surface area (Å²) in [6.45, 7) is 4.28. The van der Waals surface area contributed by atoms with Crippen molar-refractivity contribution in [1.29, 1.82) is 0 Å². The molecule has 9 nitrogen and oxygen atoms in total. The van der Waals surface area contributed by atoms with E-state index in [4.69, 9.17) is 9.47 Å². The van der Waals surface area contributed by atoms with Crippen LogP contribution in [0.3, 0.4) is 0 Å². The van der Waals surface area contributed by atoms with Crippen LogP contribution in [0.1, 0.15) is 43.2 Å². The first-order valence-corrected chi connectivity index (χ1v) is 14.2. The molecule has 2 aromatic carbocycles. The number of piperidine rings is 1. The summed E-state index contributed by atoms with van der Waals surface area (Å²) in [4.78, 5) is 27.7. The number of nitrogens with zero attached hydrogens (tertiary/aromatic N) is 3. The fraction of sp³-hybridized carbons (Fsp3) is 0.438. The van der Waals surface area contributed by atoms with E-state index in [1.807, 2.05) is 11.9 Å². The molecule has 45 heavy (non-hydrogen) atoms. The molecule has 0 bridgehead atoms. The van der Waals surface area contributed by atoms with E-state index in [9.17, 15) is 32.3 Å². The fourth-order valence-corrected chi connectivity index (χ4v) is 5.09. The predicted molar refractivity (Wildman–Crippen MR) is 163 cm³/mol. The number of hydrogen-bond acceptors (Lipinski definition) is 6. The van der Waals surface area contributed by atoms with Crippen LogP contribution in [0.5, 0.6) is 5.75 Å². The second-order valence-electron chi connectivity index (χ2n) is 11.8. The molecule has 0 aliphatic carbocycles. The minimum atomic E-state index is -4.56. The number of benzene rings is 2. The number of ether oxygens (including phenoxy) is 2. The van der Waals surface area contributed by atoms with Crippen LogP contribution in [-0.4, -0.2) is 84.4 Å². The largest absolute Gasteiger partial charge is 0.495 e. The predicted octanol–water partition coefficient (Wildman–Crippen LogP) is 6.16. The number of hydrogen-bond donors (Lipinski definition) is 2. The Morgan fingerprint density at radius 2 is 1.89 bits per heavy atom. The van der Waals surface area contributed by atoms with Gasteiger partial charge in [-0.1, -0.05) is 12.0 Å². The van der Waals surface area contributed by atoms with Gasteiger partial charge in [0, 0.05) is 24.2 Å². The molecule has 1 aliphatic heterocycles. The molecule has 2 heterocycles. The Morgan fingerprint density at radius 3 is 2.51 bits per heavy atom. The Bertz CT molecular complexity index is 1620. The third-order valence-corrected chi connectivity index (χ3v) is 7.15. The van der Waals surface area contributed by atoms with Crippen LogP contribution >= 0.6 is 0 Å². The van der Waals surface area contributed by atoms with Crippen LogP contribution in [0, 0.1) is 11.8 Å². The molecule has 4 rings (SSSR count). The highest BCUT2D eigenvalue weighted by molar-refractivity contribution is 5.95. The second kappa shape index (κ2) is 13.3. The number of anilines is 2. The Labute approximate surface area is 258 Å². The standard InChI is InChI=1S/C32H36F4N4O5/c1-31(2,3)45-30(43)39(27-12-11-20(29(41)42)16-28(27)44-5)14-7-8-21-17-22-24(37-25-13-15-38(4)18-23(25)33)9-6-10-26(22)40(21)19-32(34,35)36/h6,9-12,16-17,23,25,37H,13-15,18-19H2,1-5H3,(H,41,42)/t23-,25+/m0/s1. The van der Waals surface area contributed by atoms with E-state index in [0.29, 0.717) is 24.0 Å². The van der Waals surface area contributed by atoms with Gasteiger partial charge in [0.15, 0.2) is 0 Å². The SMILES string of the molecule is COc1cc(C(=O)O)ccc1N(CC#Cc1cc2c(N[C@@H]3CCN(C)C[C@@H]3F)cccc2n1CC(F)(F)F)C(=O)OC(C)(C)C. The van der Waals surface area contributed by atoms with Crippen molar-refractivity contribution < 1.29 is 41.7 Å². The number of carboxylic acids is 1. The van der Waals surface area contributed by atoms with Gasteiger partial charge in [0.1, 0.15) is 24.1 Å². The summed E-state index contributed by atoms with van der Waals surface area (Å²) in [5.41, 5.74) is -0.0221. The highest BCUT2D eigenvalue weighted by Gasteiger charge is 2.31. The van der Waals surface area contributed by atoms with E-state index in [1.54, 1.807) is 39.0 Å². The van der Waals surface area contributed by atoms with Crippen molar-refractivity contribution in [2.24, 2.45) is 0 Å². The molecule has 0 spiro atoms. The van der Waals surface area contributed by atoms with E-state index in [0.717, 1.165) is 9.47 Å². The van der Waals surface area contributed by atoms with Gasteiger partial charge in [-0.3, -0.25) is 4.90 Å². The number of carboxylic acid groups (broad SMARTS) is 1. The van der Waals surface area contributed by atoms with Crippen molar-refractivity contribution in [1.82, 2.24) is 9.47 Å². The zero-order chi connectivity index (χ0) is 33.1. The summed E-state index contributed by atoms with van der Waals surface area (Å²) >= 11 is 0. The number of methoxy groups -OCH3 is 1. The molecule has 1 fully saturated rings. The number of fused-ring (bicyclic) bond motifs is 1. The molecule has 1 aromatic heterocycles. The molecule has 0 unspecified atom stereocenters. The van der Waals surface area contributed by atoms with Gasteiger partial charge in [-0.15, -0.1) is 0 Å². The number of aromatic nitrogens is 1. The lowest BCUT2D eigenvalue weighted by Gasteiger charge is -2.33. The molecule has 0 radical (unpaired) electrons. The first kappa shape index (κ1) is 33.5. The van der Waals surface area contributed by atoms with Crippen LogP contribution in [0.2, 0.25) is 0 Å². The number of nitrogens with one attached hydrogen (secondary N) is 1. The molecular weight excluding hydrogens is 596 g/mol. The van der Waals surface area contributed by atoms with Crippen molar-refractivity contribution in [3.63, 3.8) is 0 Å². The van der Waals surface area contributed by atoms with Crippen LogP contribution in [0.4, 0.5) is 33.7 Å². The highest BCUT2D eigenvalue weighted by Crippen LogP contribution is 2.33. The summed E-state index contributed by atoms with van der Waals surface area (Å²) in [6, 6.07) is 9.75. The number of amides is 1. The average Bonchev–Trinajstić information content (AvgIpc) is 3.27. The summed E-state index contributed by atoms with van der Waals surface area (Å²) in [5, 5.41) is 13.0. The number of carbonyl (C=O) groups is 2. The van der Waals surface area contributed by atoms with Crippen molar-refractivity contribution in [3.8, 4) is 17.6 Å². The first-order chi connectivity index (χ1) is 21.1. The first-order valence-electron chi connectivity index (χ1n) is 14.2. The maximum absolute atomic E-state index is 14.8. The maximum Gasteiger partial charge on any atom is 0.415 e. The van der Waals surface area contributed by atoms with Gasteiger partial charge in [-0.05, 0) is 76.6 Å².